The van der Waals surface area contributed by atoms with Gasteiger partial charge in [-0.3, -0.25) is 9.59 Å². The molecule has 0 atom stereocenters. The molecule has 1 aliphatic rings. The second kappa shape index (κ2) is 8.29. The van der Waals surface area contributed by atoms with E-state index < -0.39 is 0 Å². The van der Waals surface area contributed by atoms with Gasteiger partial charge in [-0.2, -0.15) is 0 Å². The van der Waals surface area contributed by atoms with Crippen LogP contribution in [-0.2, 0) is 10.2 Å². The molecule has 0 bridgehead atoms. The Morgan fingerprint density at radius 2 is 1.89 bits per heavy atom. The Kier molecular flexibility index (Phi) is 5.84. The predicted octanol–water partition coefficient (Wildman–Crippen LogP) is 2.95. The number of ether oxygens (including phenoxy) is 1. The van der Waals surface area contributed by atoms with E-state index in [1.165, 1.54) is 6.26 Å². The molecule has 1 aromatic heterocycles. The predicted molar refractivity (Wildman–Crippen MR) is 102 cm³/mol. The van der Waals surface area contributed by atoms with Gasteiger partial charge in [0.2, 0.25) is 5.91 Å². The summed E-state index contributed by atoms with van der Waals surface area (Å²) in [5, 5.41) is 5.64. The lowest BCUT2D eigenvalue weighted by molar-refractivity contribution is -0.120. The van der Waals surface area contributed by atoms with Crippen LogP contribution in [0.25, 0.3) is 0 Å². The van der Waals surface area contributed by atoms with Crippen molar-refractivity contribution in [3.05, 3.63) is 53.5 Å². The second-order valence-electron chi connectivity index (χ2n) is 7.04. The van der Waals surface area contributed by atoms with Gasteiger partial charge < -0.3 is 19.8 Å². The summed E-state index contributed by atoms with van der Waals surface area (Å²) >= 11 is 0. The quantitative estimate of drug-likeness (QED) is 0.785. The zero-order valence-corrected chi connectivity index (χ0v) is 15.8. The number of hydrogen-bond donors (Lipinski definition) is 2. The van der Waals surface area contributed by atoms with E-state index in [0.717, 1.165) is 37.0 Å². The van der Waals surface area contributed by atoms with Crippen molar-refractivity contribution < 1.29 is 18.7 Å². The van der Waals surface area contributed by atoms with Crippen molar-refractivity contribution in [3.8, 4) is 5.75 Å². The molecule has 1 saturated carbocycles. The molecule has 27 heavy (non-hydrogen) atoms. The molecule has 0 unspecified atom stereocenters. The molecule has 144 valence electrons. The number of benzene rings is 1. The van der Waals surface area contributed by atoms with E-state index in [0.29, 0.717) is 17.9 Å². The molecule has 1 aliphatic carbocycles. The third kappa shape index (κ3) is 4.15. The smallest absolute Gasteiger partial charge is 0.255 e. The van der Waals surface area contributed by atoms with Gasteiger partial charge in [0.1, 0.15) is 11.5 Å². The zero-order valence-electron chi connectivity index (χ0n) is 15.8. The van der Waals surface area contributed by atoms with E-state index >= 15 is 0 Å². The van der Waals surface area contributed by atoms with Gasteiger partial charge in [0.15, 0.2) is 0 Å². The number of para-hydroxylation sites is 1. The maximum absolute atomic E-state index is 12.3. The van der Waals surface area contributed by atoms with Gasteiger partial charge in [-0.15, -0.1) is 0 Å². The van der Waals surface area contributed by atoms with Gasteiger partial charge in [-0.25, -0.2) is 0 Å². The molecule has 6 heteroatoms. The Balaban J connectivity index is 1.60. The first kappa shape index (κ1) is 19.0. The number of carbonyl (C=O) groups is 2. The van der Waals surface area contributed by atoms with Crippen LogP contribution in [0.5, 0.6) is 5.75 Å². The topological polar surface area (TPSA) is 80.6 Å². The van der Waals surface area contributed by atoms with E-state index in [9.17, 15) is 9.59 Å². The van der Waals surface area contributed by atoms with Crippen LogP contribution in [-0.4, -0.2) is 32.0 Å². The van der Waals surface area contributed by atoms with E-state index in [1.54, 1.807) is 20.1 Å². The van der Waals surface area contributed by atoms with Gasteiger partial charge in [-0.05, 0) is 31.9 Å². The van der Waals surface area contributed by atoms with Gasteiger partial charge in [-0.1, -0.05) is 31.0 Å². The van der Waals surface area contributed by atoms with Gasteiger partial charge >= 0.3 is 0 Å². The molecule has 1 fully saturated rings. The zero-order chi connectivity index (χ0) is 19.3. The minimum atomic E-state index is -0.309. The van der Waals surface area contributed by atoms with Crippen LogP contribution in [0.15, 0.2) is 41.0 Å². The van der Waals surface area contributed by atoms with Crippen LogP contribution in [0.3, 0.4) is 0 Å². The summed E-state index contributed by atoms with van der Waals surface area (Å²) in [7, 11) is 1.67. The van der Waals surface area contributed by atoms with Gasteiger partial charge in [0.25, 0.3) is 5.91 Å². The standard InChI is InChI=1S/C21H26N2O4/c1-15-16(9-12-27-15)20(25)22-13-19(24)23-14-21(10-5-6-11-21)17-7-3-4-8-18(17)26-2/h3-4,7-9,12H,5-6,10-11,13-14H2,1-2H3,(H,22,25)(H,23,24). The Morgan fingerprint density at radius 1 is 1.15 bits per heavy atom. The Hall–Kier alpha value is -2.76. The first-order chi connectivity index (χ1) is 13.1. The summed E-state index contributed by atoms with van der Waals surface area (Å²) in [5.41, 5.74) is 1.47. The highest BCUT2D eigenvalue weighted by molar-refractivity contribution is 5.97. The third-order valence-corrected chi connectivity index (χ3v) is 5.38. The van der Waals surface area contributed by atoms with Crippen molar-refractivity contribution in [2.45, 2.75) is 38.0 Å². The summed E-state index contributed by atoms with van der Waals surface area (Å²) in [6.45, 7) is 2.18. The minimum absolute atomic E-state index is 0.0640. The van der Waals surface area contributed by atoms with E-state index in [1.807, 2.05) is 18.2 Å². The largest absolute Gasteiger partial charge is 0.496 e. The molecule has 6 nitrogen and oxygen atoms in total. The fourth-order valence-electron chi connectivity index (χ4n) is 3.88. The molecule has 0 spiro atoms. The maximum Gasteiger partial charge on any atom is 0.255 e. The lowest BCUT2D eigenvalue weighted by Crippen LogP contribution is -2.43. The molecule has 3 rings (SSSR count). The van der Waals surface area contributed by atoms with E-state index in [4.69, 9.17) is 9.15 Å². The van der Waals surface area contributed by atoms with Crippen molar-refractivity contribution in [3.63, 3.8) is 0 Å². The Morgan fingerprint density at radius 3 is 2.56 bits per heavy atom. The van der Waals surface area contributed by atoms with Crippen LogP contribution in [0.2, 0.25) is 0 Å². The highest BCUT2D eigenvalue weighted by Gasteiger charge is 2.38. The minimum Gasteiger partial charge on any atom is -0.496 e. The van der Waals surface area contributed by atoms with Gasteiger partial charge in [0.05, 0.1) is 25.5 Å². The molecule has 1 aromatic carbocycles. The Labute approximate surface area is 159 Å². The molecular formula is C21H26N2O4. The number of carbonyl (C=O) groups excluding carboxylic acids is 2. The first-order valence-corrected chi connectivity index (χ1v) is 9.28. The molecule has 0 aliphatic heterocycles. The van der Waals surface area contributed by atoms with Crippen molar-refractivity contribution in [2.24, 2.45) is 0 Å². The molecule has 0 radical (unpaired) electrons. The lowest BCUT2D eigenvalue weighted by Gasteiger charge is -2.31. The molecule has 0 saturated heterocycles. The van der Waals surface area contributed by atoms with Crippen molar-refractivity contribution >= 4 is 11.8 Å². The summed E-state index contributed by atoms with van der Waals surface area (Å²) < 4.78 is 10.7. The number of furan rings is 1. The third-order valence-electron chi connectivity index (χ3n) is 5.38. The number of hydrogen-bond acceptors (Lipinski definition) is 4. The lowest BCUT2D eigenvalue weighted by atomic mass is 9.78. The number of aryl methyl sites for hydroxylation is 1. The van der Waals surface area contributed by atoms with Crippen molar-refractivity contribution in [1.29, 1.82) is 0 Å². The van der Waals surface area contributed by atoms with Crippen LogP contribution in [0.1, 0.15) is 47.4 Å². The molecule has 2 amide bonds. The van der Waals surface area contributed by atoms with Crippen molar-refractivity contribution in [2.75, 3.05) is 20.2 Å². The molecule has 1 heterocycles. The summed E-state index contributed by atoms with van der Waals surface area (Å²) in [5.74, 6) is 0.883. The second-order valence-corrected chi connectivity index (χ2v) is 7.04. The number of amides is 2. The highest BCUT2D eigenvalue weighted by Crippen LogP contribution is 2.44. The average Bonchev–Trinajstić information content (AvgIpc) is 3.34. The number of nitrogens with one attached hydrogen (secondary N) is 2. The highest BCUT2D eigenvalue weighted by atomic mass is 16.5. The fraction of sp³-hybridized carbons (Fsp3) is 0.429. The van der Waals surface area contributed by atoms with Crippen LogP contribution < -0.4 is 15.4 Å². The summed E-state index contributed by atoms with van der Waals surface area (Å²) in [6, 6.07) is 9.60. The van der Waals surface area contributed by atoms with Crippen LogP contribution in [0.4, 0.5) is 0 Å². The SMILES string of the molecule is COc1ccccc1C1(CNC(=O)CNC(=O)c2ccoc2C)CCCC1. The van der Waals surface area contributed by atoms with Crippen molar-refractivity contribution in [1.82, 2.24) is 10.6 Å². The van der Waals surface area contributed by atoms with Crippen LogP contribution >= 0.6 is 0 Å². The molecular weight excluding hydrogens is 344 g/mol. The summed E-state index contributed by atoms with van der Waals surface area (Å²) in [6.07, 6.45) is 5.73. The summed E-state index contributed by atoms with van der Waals surface area (Å²) in [4.78, 5) is 24.4. The maximum atomic E-state index is 12.3. The fourth-order valence-corrected chi connectivity index (χ4v) is 3.88. The number of rotatable bonds is 7. The average molecular weight is 370 g/mol. The first-order valence-electron chi connectivity index (χ1n) is 9.28. The molecule has 2 aromatic rings. The monoisotopic (exact) mass is 370 g/mol. The van der Waals surface area contributed by atoms with Gasteiger partial charge in [0, 0.05) is 17.5 Å². The Bertz CT molecular complexity index is 806. The molecule has 2 N–H and O–H groups in total. The number of methoxy groups -OCH3 is 1. The van der Waals surface area contributed by atoms with Crippen LogP contribution in [0, 0.1) is 6.92 Å². The van der Waals surface area contributed by atoms with E-state index in [2.05, 4.69) is 16.7 Å². The normalized spacial score (nSPS) is 15.3. The van der Waals surface area contributed by atoms with E-state index in [-0.39, 0.29) is 23.8 Å².